The number of fused-ring (bicyclic) bond motifs is 1. The van der Waals surface area contributed by atoms with Crippen molar-refractivity contribution in [3.63, 3.8) is 0 Å². The van der Waals surface area contributed by atoms with Gasteiger partial charge in [-0.1, -0.05) is 12.8 Å². The maximum absolute atomic E-state index is 11.2. The van der Waals surface area contributed by atoms with Crippen molar-refractivity contribution in [3.8, 4) is 0 Å². The van der Waals surface area contributed by atoms with Gasteiger partial charge in [-0.3, -0.25) is 4.79 Å². The molecule has 0 aromatic carbocycles. The third-order valence-electron chi connectivity index (χ3n) is 3.42. The first-order valence-corrected chi connectivity index (χ1v) is 5.29. The third kappa shape index (κ3) is 1.39. The van der Waals surface area contributed by atoms with Crippen LogP contribution in [0.1, 0.15) is 44.9 Å². The van der Waals surface area contributed by atoms with Crippen LogP contribution in [0, 0.1) is 5.92 Å². The predicted molar refractivity (Wildman–Crippen MR) is 49.4 cm³/mol. The van der Waals surface area contributed by atoms with Crippen LogP contribution in [0.5, 0.6) is 0 Å². The Kier molecular flexibility index (Phi) is 2.16. The number of carbonyl (C=O) groups excluding carboxylic acids is 1. The third-order valence-corrected chi connectivity index (χ3v) is 4.11. The monoisotopic (exact) mass is 186 g/mol. The van der Waals surface area contributed by atoms with Gasteiger partial charge >= 0.3 is 0 Å². The minimum Gasteiger partial charge on any atom is -0.300 e. The molecule has 0 aliphatic heterocycles. The Morgan fingerprint density at radius 3 is 3.00 bits per heavy atom. The Balaban J connectivity index is 2.11. The van der Waals surface area contributed by atoms with Crippen LogP contribution in [0.15, 0.2) is 0 Å². The fourth-order valence-electron chi connectivity index (χ4n) is 2.61. The number of halogens is 1. The van der Waals surface area contributed by atoms with Crippen LogP contribution in [0.4, 0.5) is 0 Å². The first-order chi connectivity index (χ1) is 5.71. The van der Waals surface area contributed by atoms with E-state index in [0.717, 1.165) is 25.7 Å². The van der Waals surface area contributed by atoms with Crippen molar-refractivity contribution in [3.05, 3.63) is 0 Å². The van der Waals surface area contributed by atoms with Gasteiger partial charge in [0.25, 0.3) is 0 Å². The molecule has 2 heteroatoms. The van der Waals surface area contributed by atoms with Gasteiger partial charge in [-0.15, -0.1) is 11.6 Å². The minimum absolute atomic E-state index is 0.00611. The van der Waals surface area contributed by atoms with Gasteiger partial charge in [0.15, 0.2) is 0 Å². The molecule has 0 spiro atoms. The standard InChI is InChI=1S/C10H15ClO/c11-10-5-2-1-3-8(10)7-9(12)4-6-10/h8H,1-7H2/t8-,10-/m1/s1. The van der Waals surface area contributed by atoms with Gasteiger partial charge in [-0.05, 0) is 25.2 Å². The van der Waals surface area contributed by atoms with Crippen LogP contribution in [0.25, 0.3) is 0 Å². The molecule has 2 saturated carbocycles. The second-order valence-electron chi connectivity index (χ2n) is 4.22. The van der Waals surface area contributed by atoms with E-state index in [9.17, 15) is 4.79 Å². The van der Waals surface area contributed by atoms with Crippen molar-refractivity contribution in [1.29, 1.82) is 0 Å². The van der Waals surface area contributed by atoms with E-state index in [-0.39, 0.29) is 4.87 Å². The number of alkyl halides is 1. The highest BCUT2D eigenvalue weighted by Crippen LogP contribution is 2.47. The summed E-state index contributed by atoms with van der Waals surface area (Å²) in [6.07, 6.45) is 7.24. The molecule has 2 atom stereocenters. The smallest absolute Gasteiger partial charge is 0.133 e. The molecule has 0 radical (unpaired) electrons. The van der Waals surface area contributed by atoms with Crippen molar-refractivity contribution >= 4 is 17.4 Å². The second kappa shape index (κ2) is 3.02. The zero-order chi connectivity index (χ0) is 8.60. The van der Waals surface area contributed by atoms with E-state index in [0.29, 0.717) is 11.7 Å². The van der Waals surface area contributed by atoms with Crippen LogP contribution in [0.2, 0.25) is 0 Å². The number of hydrogen-bond acceptors (Lipinski definition) is 1. The molecule has 12 heavy (non-hydrogen) atoms. The lowest BCUT2D eigenvalue weighted by Gasteiger charge is -2.42. The molecule has 0 amide bonds. The van der Waals surface area contributed by atoms with Gasteiger partial charge < -0.3 is 0 Å². The summed E-state index contributed by atoms with van der Waals surface area (Å²) in [7, 11) is 0. The molecule has 0 bridgehead atoms. The Bertz CT molecular complexity index is 202. The first kappa shape index (κ1) is 8.55. The fraction of sp³-hybridized carbons (Fsp3) is 0.900. The van der Waals surface area contributed by atoms with Crippen LogP contribution >= 0.6 is 11.6 Å². The number of Topliss-reactive ketones (excluding diaryl/α,β-unsaturated/α-hetero) is 1. The number of rotatable bonds is 0. The number of carbonyl (C=O) groups is 1. The van der Waals surface area contributed by atoms with Crippen LogP contribution in [-0.2, 0) is 4.79 Å². The SMILES string of the molecule is O=C1CC[C@]2(Cl)CCCC[C@@H]2C1. The van der Waals surface area contributed by atoms with Gasteiger partial charge in [0.1, 0.15) is 5.78 Å². The molecule has 2 aliphatic rings. The molecule has 2 fully saturated rings. The van der Waals surface area contributed by atoms with E-state index >= 15 is 0 Å². The van der Waals surface area contributed by atoms with Crippen molar-refractivity contribution in [1.82, 2.24) is 0 Å². The molecule has 0 N–H and O–H groups in total. The largest absolute Gasteiger partial charge is 0.300 e. The normalized spacial score (nSPS) is 42.4. The average molecular weight is 187 g/mol. The topological polar surface area (TPSA) is 17.1 Å². The van der Waals surface area contributed by atoms with Gasteiger partial charge in [0.05, 0.1) is 0 Å². The highest BCUT2D eigenvalue weighted by atomic mass is 35.5. The highest BCUT2D eigenvalue weighted by Gasteiger charge is 2.42. The Morgan fingerprint density at radius 1 is 1.33 bits per heavy atom. The van der Waals surface area contributed by atoms with Gasteiger partial charge in [0.2, 0.25) is 0 Å². The van der Waals surface area contributed by atoms with Crippen LogP contribution < -0.4 is 0 Å². The molecule has 0 aromatic rings. The molecule has 0 saturated heterocycles. The number of ketones is 1. The lowest BCUT2D eigenvalue weighted by atomic mass is 9.70. The molecule has 2 aliphatic carbocycles. The van der Waals surface area contributed by atoms with Gasteiger partial charge in [0, 0.05) is 17.7 Å². The van der Waals surface area contributed by atoms with Crippen molar-refractivity contribution in [2.24, 2.45) is 5.92 Å². The molecule has 0 aromatic heterocycles. The summed E-state index contributed by atoms with van der Waals surface area (Å²) < 4.78 is 0. The lowest BCUT2D eigenvalue weighted by Crippen LogP contribution is -2.40. The molecule has 68 valence electrons. The molecule has 2 rings (SSSR count). The van der Waals surface area contributed by atoms with Crippen LogP contribution in [-0.4, -0.2) is 10.7 Å². The second-order valence-corrected chi connectivity index (χ2v) is 4.97. The zero-order valence-corrected chi connectivity index (χ0v) is 8.07. The summed E-state index contributed by atoms with van der Waals surface area (Å²) in [4.78, 5) is 11.2. The number of hydrogen-bond donors (Lipinski definition) is 0. The van der Waals surface area contributed by atoms with Crippen molar-refractivity contribution in [2.45, 2.75) is 49.8 Å². The van der Waals surface area contributed by atoms with Crippen molar-refractivity contribution < 1.29 is 4.79 Å². The maximum atomic E-state index is 11.2. The zero-order valence-electron chi connectivity index (χ0n) is 7.31. The summed E-state index contributed by atoms with van der Waals surface area (Å²) in [6.45, 7) is 0. The maximum Gasteiger partial charge on any atom is 0.133 e. The Hall–Kier alpha value is -0.0400. The quantitative estimate of drug-likeness (QED) is 0.532. The van der Waals surface area contributed by atoms with E-state index in [4.69, 9.17) is 11.6 Å². The summed E-state index contributed by atoms with van der Waals surface area (Å²) in [5, 5.41) is 0. The predicted octanol–water partition coefficient (Wildman–Crippen LogP) is 2.91. The molecular weight excluding hydrogens is 172 g/mol. The lowest BCUT2D eigenvalue weighted by molar-refractivity contribution is -0.122. The van der Waals surface area contributed by atoms with Gasteiger partial charge in [-0.2, -0.15) is 0 Å². The Labute approximate surface area is 78.5 Å². The molecule has 0 heterocycles. The minimum atomic E-state index is 0.00611. The summed E-state index contributed by atoms with van der Waals surface area (Å²) in [5.41, 5.74) is 0. The average Bonchev–Trinajstić information content (AvgIpc) is 2.06. The van der Waals surface area contributed by atoms with E-state index in [1.54, 1.807) is 0 Å². The van der Waals surface area contributed by atoms with E-state index < -0.39 is 0 Å². The summed E-state index contributed by atoms with van der Waals surface area (Å²) in [6, 6.07) is 0. The molecular formula is C10H15ClO. The van der Waals surface area contributed by atoms with E-state index in [2.05, 4.69) is 0 Å². The molecule has 1 nitrogen and oxygen atoms in total. The fourth-order valence-corrected chi connectivity index (χ4v) is 3.03. The van der Waals surface area contributed by atoms with E-state index in [1.165, 1.54) is 19.3 Å². The molecule has 0 unspecified atom stereocenters. The first-order valence-electron chi connectivity index (χ1n) is 4.91. The summed E-state index contributed by atoms with van der Waals surface area (Å²) >= 11 is 6.49. The summed E-state index contributed by atoms with van der Waals surface area (Å²) in [5.74, 6) is 0.923. The van der Waals surface area contributed by atoms with E-state index in [1.807, 2.05) is 0 Å². The highest BCUT2D eigenvalue weighted by molar-refractivity contribution is 6.24. The van der Waals surface area contributed by atoms with Crippen molar-refractivity contribution in [2.75, 3.05) is 0 Å². The Morgan fingerprint density at radius 2 is 2.17 bits per heavy atom. The van der Waals surface area contributed by atoms with Gasteiger partial charge in [-0.25, -0.2) is 0 Å². The van der Waals surface area contributed by atoms with Crippen LogP contribution in [0.3, 0.4) is 0 Å².